The molecule has 2 amide bonds. The van der Waals surface area contributed by atoms with Crippen molar-refractivity contribution in [2.24, 2.45) is 11.5 Å². The van der Waals surface area contributed by atoms with Crippen LogP contribution in [0.3, 0.4) is 0 Å². The van der Waals surface area contributed by atoms with Crippen LogP contribution in [0, 0.1) is 0 Å². The molecule has 1 atom stereocenters. The van der Waals surface area contributed by atoms with E-state index in [1.165, 1.54) is 0 Å². The number of nitrogens with zero attached hydrogens (tertiary/aromatic N) is 1. The first-order valence-electron chi connectivity index (χ1n) is 5.43. The highest BCUT2D eigenvalue weighted by atomic mass is 16.2. The van der Waals surface area contributed by atoms with Crippen molar-refractivity contribution in [1.82, 2.24) is 10.2 Å². The maximum atomic E-state index is 11.5. The van der Waals surface area contributed by atoms with Gasteiger partial charge in [0.05, 0.1) is 12.6 Å². The predicted molar refractivity (Wildman–Crippen MR) is 62.6 cm³/mol. The van der Waals surface area contributed by atoms with Crippen LogP contribution < -0.4 is 16.8 Å². The first-order chi connectivity index (χ1) is 7.36. The summed E-state index contributed by atoms with van der Waals surface area (Å²) in [6.07, 6.45) is 0. The first-order valence-corrected chi connectivity index (χ1v) is 5.43. The second-order valence-electron chi connectivity index (χ2n) is 4.06. The van der Waals surface area contributed by atoms with E-state index in [0.29, 0.717) is 13.1 Å². The summed E-state index contributed by atoms with van der Waals surface area (Å²) in [6.45, 7) is 6.86. The molecule has 6 heteroatoms. The van der Waals surface area contributed by atoms with E-state index in [4.69, 9.17) is 11.5 Å². The molecule has 0 aliphatic rings. The number of rotatable bonds is 7. The Balaban J connectivity index is 4.09. The van der Waals surface area contributed by atoms with Crippen molar-refractivity contribution < 1.29 is 9.59 Å². The fourth-order valence-corrected chi connectivity index (χ4v) is 1.24. The van der Waals surface area contributed by atoms with Crippen molar-refractivity contribution in [2.75, 3.05) is 19.6 Å². The van der Waals surface area contributed by atoms with Gasteiger partial charge in [-0.1, -0.05) is 6.92 Å². The van der Waals surface area contributed by atoms with E-state index in [1.54, 1.807) is 4.90 Å². The second-order valence-corrected chi connectivity index (χ2v) is 4.06. The Kier molecular flexibility index (Phi) is 6.67. The third kappa shape index (κ3) is 6.36. The Bertz CT molecular complexity index is 243. The third-order valence-corrected chi connectivity index (χ3v) is 2.08. The Labute approximate surface area is 96.3 Å². The molecule has 0 heterocycles. The van der Waals surface area contributed by atoms with Crippen molar-refractivity contribution >= 4 is 11.8 Å². The minimum absolute atomic E-state index is 0.0754. The van der Waals surface area contributed by atoms with E-state index in [1.807, 2.05) is 20.8 Å². The van der Waals surface area contributed by atoms with Crippen LogP contribution in [0.15, 0.2) is 0 Å². The van der Waals surface area contributed by atoms with E-state index < -0.39 is 11.9 Å². The largest absolute Gasteiger partial charge is 0.368 e. The van der Waals surface area contributed by atoms with Crippen LogP contribution in [0.2, 0.25) is 0 Å². The number of carbonyl (C=O) groups is 2. The van der Waals surface area contributed by atoms with E-state index in [-0.39, 0.29) is 18.5 Å². The summed E-state index contributed by atoms with van der Waals surface area (Å²) in [7, 11) is 0. The van der Waals surface area contributed by atoms with Gasteiger partial charge in [0.15, 0.2) is 0 Å². The number of nitrogens with two attached hydrogens (primary N) is 2. The highest BCUT2D eigenvalue weighted by Crippen LogP contribution is 1.91. The molecule has 0 aromatic rings. The van der Waals surface area contributed by atoms with Gasteiger partial charge in [-0.05, 0) is 20.4 Å². The number of carbonyl (C=O) groups excluding carboxylic acids is 2. The van der Waals surface area contributed by atoms with Crippen LogP contribution in [0.5, 0.6) is 0 Å². The molecular formula is C10H22N4O2. The molecule has 0 bridgehead atoms. The molecule has 0 saturated heterocycles. The van der Waals surface area contributed by atoms with Crippen molar-refractivity contribution in [3.05, 3.63) is 0 Å². The predicted octanol–water partition coefficient (Wildman–Crippen LogP) is -1.35. The van der Waals surface area contributed by atoms with Gasteiger partial charge in [-0.2, -0.15) is 0 Å². The zero-order chi connectivity index (χ0) is 12.7. The molecule has 94 valence electrons. The van der Waals surface area contributed by atoms with Gasteiger partial charge in [0.25, 0.3) is 0 Å². The van der Waals surface area contributed by atoms with Crippen LogP contribution in [0.1, 0.15) is 20.8 Å². The van der Waals surface area contributed by atoms with Crippen molar-refractivity contribution in [2.45, 2.75) is 32.9 Å². The van der Waals surface area contributed by atoms with E-state index in [2.05, 4.69) is 5.32 Å². The molecule has 0 aliphatic heterocycles. The molecule has 0 rings (SSSR count). The summed E-state index contributed by atoms with van der Waals surface area (Å²) in [6, 6.07) is -0.622. The molecular weight excluding hydrogens is 208 g/mol. The lowest BCUT2D eigenvalue weighted by atomic mass is 10.2. The smallest absolute Gasteiger partial charge is 0.235 e. The number of primary amides is 1. The highest BCUT2D eigenvalue weighted by Gasteiger charge is 2.16. The summed E-state index contributed by atoms with van der Waals surface area (Å²) in [5.41, 5.74) is 10.6. The highest BCUT2D eigenvalue weighted by molar-refractivity contribution is 5.80. The van der Waals surface area contributed by atoms with Crippen molar-refractivity contribution in [3.8, 4) is 0 Å². The van der Waals surface area contributed by atoms with Crippen LogP contribution >= 0.6 is 0 Å². The molecule has 16 heavy (non-hydrogen) atoms. The second kappa shape index (κ2) is 7.19. The Morgan fingerprint density at radius 1 is 1.38 bits per heavy atom. The van der Waals surface area contributed by atoms with Gasteiger partial charge in [-0.3, -0.25) is 14.5 Å². The summed E-state index contributed by atoms with van der Waals surface area (Å²) < 4.78 is 0. The molecule has 1 unspecified atom stereocenters. The molecule has 0 radical (unpaired) electrons. The maximum absolute atomic E-state index is 11.5. The summed E-state index contributed by atoms with van der Waals surface area (Å²) in [5.74, 6) is -0.628. The summed E-state index contributed by atoms with van der Waals surface area (Å²) >= 11 is 0. The van der Waals surface area contributed by atoms with Gasteiger partial charge in [-0.25, -0.2) is 0 Å². The zero-order valence-electron chi connectivity index (χ0n) is 10.2. The molecule has 0 fully saturated rings. The average Bonchev–Trinajstić information content (AvgIpc) is 2.14. The number of hydrogen-bond donors (Lipinski definition) is 3. The quantitative estimate of drug-likeness (QED) is 0.503. The van der Waals surface area contributed by atoms with Gasteiger partial charge in [0.2, 0.25) is 11.8 Å². The molecule has 0 aromatic carbocycles. The fraction of sp³-hybridized carbons (Fsp3) is 0.800. The van der Waals surface area contributed by atoms with E-state index in [0.717, 1.165) is 0 Å². The minimum atomic E-state index is -0.730. The Hall–Kier alpha value is -1.14. The van der Waals surface area contributed by atoms with Crippen molar-refractivity contribution in [1.29, 1.82) is 0 Å². The first kappa shape index (κ1) is 14.9. The van der Waals surface area contributed by atoms with Crippen LogP contribution in [-0.2, 0) is 9.59 Å². The van der Waals surface area contributed by atoms with Crippen LogP contribution in [0.25, 0.3) is 0 Å². The van der Waals surface area contributed by atoms with E-state index in [9.17, 15) is 9.59 Å². The SMILES string of the molecule is CCN(CC(=O)NC(C)C)CC(N)C(N)=O. The van der Waals surface area contributed by atoms with E-state index >= 15 is 0 Å². The molecule has 0 aromatic heterocycles. The van der Waals surface area contributed by atoms with Crippen molar-refractivity contribution in [3.63, 3.8) is 0 Å². The fourth-order valence-electron chi connectivity index (χ4n) is 1.24. The summed E-state index contributed by atoms with van der Waals surface area (Å²) in [4.78, 5) is 24.0. The molecule has 0 aliphatic carbocycles. The summed E-state index contributed by atoms with van der Waals surface area (Å²) in [5, 5.41) is 2.77. The molecule has 5 N–H and O–H groups in total. The lowest BCUT2D eigenvalue weighted by Crippen LogP contribution is -2.49. The monoisotopic (exact) mass is 230 g/mol. The Morgan fingerprint density at radius 3 is 2.31 bits per heavy atom. The Morgan fingerprint density at radius 2 is 1.94 bits per heavy atom. The number of amides is 2. The van der Waals surface area contributed by atoms with Gasteiger partial charge in [-0.15, -0.1) is 0 Å². The zero-order valence-corrected chi connectivity index (χ0v) is 10.2. The number of nitrogens with one attached hydrogen (secondary N) is 1. The molecule has 6 nitrogen and oxygen atoms in total. The van der Waals surface area contributed by atoms with Gasteiger partial charge >= 0.3 is 0 Å². The number of likely N-dealkylation sites (N-methyl/N-ethyl adjacent to an activating group) is 1. The third-order valence-electron chi connectivity index (χ3n) is 2.08. The number of hydrogen-bond acceptors (Lipinski definition) is 4. The topological polar surface area (TPSA) is 101 Å². The van der Waals surface area contributed by atoms with Crippen LogP contribution in [0.4, 0.5) is 0 Å². The minimum Gasteiger partial charge on any atom is -0.368 e. The van der Waals surface area contributed by atoms with Gasteiger partial charge in [0.1, 0.15) is 0 Å². The lowest BCUT2D eigenvalue weighted by molar-refractivity contribution is -0.124. The normalized spacial score (nSPS) is 12.9. The average molecular weight is 230 g/mol. The molecule has 0 saturated carbocycles. The van der Waals surface area contributed by atoms with Gasteiger partial charge in [0, 0.05) is 12.6 Å². The lowest BCUT2D eigenvalue weighted by Gasteiger charge is -2.22. The standard InChI is InChI=1S/C10H22N4O2/c1-4-14(5-8(11)10(12)16)6-9(15)13-7(2)3/h7-8H,4-6,11H2,1-3H3,(H2,12,16)(H,13,15). The van der Waals surface area contributed by atoms with Crippen LogP contribution in [-0.4, -0.2) is 48.4 Å². The van der Waals surface area contributed by atoms with Gasteiger partial charge < -0.3 is 16.8 Å². The molecule has 0 spiro atoms. The maximum Gasteiger partial charge on any atom is 0.235 e.